The molecule has 0 unspecified atom stereocenters. The van der Waals surface area contributed by atoms with Crippen molar-refractivity contribution >= 4 is 6.03 Å². The zero-order chi connectivity index (χ0) is 14.9. The highest BCUT2D eigenvalue weighted by Crippen LogP contribution is 2.28. The SMILES string of the molecule is O=C(NCCCOCC1CC1)N[C@H]1CCCCC[C@@H]1CO. The Morgan fingerprint density at radius 2 is 1.95 bits per heavy atom. The van der Waals surface area contributed by atoms with Gasteiger partial charge in [0.1, 0.15) is 0 Å². The van der Waals surface area contributed by atoms with Crippen LogP contribution in [0, 0.1) is 11.8 Å². The van der Waals surface area contributed by atoms with E-state index in [9.17, 15) is 9.90 Å². The number of aliphatic hydroxyl groups excluding tert-OH is 1. The van der Waals surface area contributed by atoms with Gasteiger partial charge in [0.25, 0.3) is 0 Å². The molecule has 0 radical (unpaired) electrons. The Kier molecular flexibility index (Phi) is 7.30. The lowest BCUT2D eigenvalue weighted by Gasteiger charge is -2.24. The Morgan fingerprint density at radius 3 is 2.71 bits per heavy atom. The van der Waals surface area contributed by atoms with E-state index in [1.807, 2.05) is 0 Å². The Hall–Kier alpha value is -0.810. The van der Waals surface area contributed by atoms with E-state index < -0.39 is 0 Å². The van der Waals surface area contributed by atoms with Crippen molar-refractivity contribution in [3.05, 3.63) is 0 Å². The van der Waals surface area contributed by atoms with Crippen molar-refractivity contribution in [1.82, 2.24) is 10.6 Å². The highest BCUT2D eigenvalue weighted by Gasteiger charge is 2.24. The molecule has 0 aromatic carbocycles. The van der Waals surface area contributed by atoms with Crippen LogP contribution in [0.25, 0.3) is 0 Å². The van der Waals surface area contributed by atoms with Gasteiger partial charge < -0.3 is 20.5 Å². The van der Waals surface area contributed by atoms with E-state index in [1.54, 1.807) is 0 Å². The number of aliphatic hydroxyl groups is 1. The third-order valence-electron chi connectivity index (χ3n) is 4.51. The normalized spacial score (nSPS) is 26.1. The zero-order valence-corrected chi connectivity index (χ0v) is 13.0. The summed E-state index contributed by atoms with van der Waals surface area (Å²) >= 11 is 0. The number of ether oxygens (including phenoxy) is 1. The summed E-state index contributed by atoms with van der Waals surface area (Å²) in [5.74, 6) is 1.01. The Labute approximate surface area is 127 Å². The minimum Gasteiger partial charge on any atom is -0.396 e. The lowest BCUT2D eigenvalue weighted by atomic mass is 9.96. The van der Waals surface area contributed by atoms with Crippen LogP contribution in [0.5, 0.6) is 0 Å². The number of carbonyl (C=O) groups is 1. The summed E-state index contributed by atoms with van der Waals surface area (Å²) in [5.41, 5.74) is 0. The van der Waals surface area contributed by atoms with Crippen LogP contribution in [-0.2, 0) is 4.74 Å². The molecule has 5 heteroatoms. The molecular weight excluding hydrogens is 268 g/mol. The van der Waals surface area contributed by atoms with Crippen molar-refractivity contribution < 1.29 is 14.6 Å². The molecule has 2 aliphatic carbocycles. The maximum atomic E-state index is 11.9. The van der Waals surface area contributed by atoms with Gasteiger partial charge in [-0.25, -0.2) is 4.79 Å². The predicted molar refractivity (Wildman–Crippen MR) is 82.1 cm³/mol. The second kappa shape index (κ2) is 9.26. The number of urea groups is 1. The second-order valence-corrected chi connectivity index (χ2v) is 6.46. The first-order chi connectivity index (χ1) is 10.3. The summed E-state index contributed by atoms with van der Waals surface area (Å²) in [7, 11) is 0. The third-order valence-corrected chi connectivity index (χ3v) is 4.51. The first-order valence-corrected chi connectivity index (χ1v) is 8.52. The fourth-order valence-corrected chi connectivity index (χ4v) is 2.92. The summed E-state index contributed by atoms with van der Waals surface area (Å²) in [5, 5.41) is 15.3. The van der Waals surface area contributed by atoms with Gasteiger partial charge in [0.2, 0.25) is 0 Å². The third kappa shape index (κ3) is 6.66. The van der Waals surface area contributed by atoms with Crippen LogP contribution in [0.3, 0.4) is 0 Å². The fourth-order valence-electron chi connectivity index (χ4n) is 2.92. The van der Waals surface area contributed by atoms with Gasteiger partial charge in [0.15, 0.2) is 0 Å². The predicted octanol–water partition coefficient (Wildman–Crippen LogP) is 2.04. The first kappa shape index (κ1) is 16.6. The summed E-state index contributed by atoms with van der Waals surface area (Å²) in [6.45, 7) is 2.42. The van der Waals surface area contributed by atoms with Crippen molar-refractivity contribution in [2.75, 3.05) is 26.4 Å². The molecule has 2 fully saturated rings. The Bertz CT molecular complexity index is 308. The van der Waals surface area contributed by atoms with E-state index in [0.29, 0.717) is 6.54 Å². The average Bonchev–Trinajstić information content (AvgIpc) is 3.30. The Balaban J connectivity index is 1.54. The molecule has 21 heavy (non-hydrogen) atoms. The molecule has 2 saturated carbocycles. The maximum Gasteiger partial charge on any atom is 0.315 e. The van der Waals surface area contributed by atoms with Crippen LogP contribution < -0.4 is 10.6 Å². The zero-order valence-electron chi connectivity index (χ0n) is 13.0. The van der Waals surface area contributed by atoms with Crippen molar-refractivity contribution in [2.45, 2.75) is 57.4 Å². The van der Waals surface area contributed by atoms with Gasteiger partial charge in [-0.15, -0.1) is 0 Å². The van der Waals surface area contributed by atoms with Gasteiger partial charge >= 0.3 is 6.03 Å². The van der Waals surface area contributed by atoms with Crippen molar-refractivity contribution in [2.24, 2.45) is 11.8 Å². The number of carbonyl (C=O) groups excluding carboxylic acids is 1. The molecule has 2 rings (SSSR count). The molecule has 5 nitrogen and oxygen atoms in total. The molecule has 122 valence electrons. The van der Waals surface area contributed by atoms with E-state index in [1.165, 1.54) is 19.3 Å². The number of hydrogen-bond acceptors (Lipinski definition) is 3. The molecule has 0 spiro atoms. The number of hydrogen-bond donors (Lipinski definition) is 3. The molecule has 0 bridgehead atoms. The second-order valence-electron chi connectivity index (χ2n) is 6.46. The number of rotatable bonds is 8. The lowest BCUT2D eigenvalue weighted by Crippen LogP contribution is -2.46. The van der Waals surface area contributed by atoms with Crippen LogP contribution >= 0.6 is 0 Å². The molecule has 0 aromatic rings. The van der Waals surface area contributed by atoms with Gasteiger partial charge in [0, 0.05) is 38.3 Å². The van der Waals surface area contributed by atoms with Gasteiger partial charge in [-0.2, -0.15) is 0 Å². The van der Waals surface area contributed by atoms with Gasteiger partial charge in [-0.05, 0) is 38.0 Å². The van der Waals surface area contributed by atoms with Crippen LogP contribution in [0.15, 0.2) is 0 Å². The molecule has 2 aliphatic rings. The van der Waals surface area contributed by atoms with Crippen LogP contribution in [0.4, 0.5) is 4.79 Å². The lowest BCUT2D eigenvalue weighted by molar-refractivity contribution is 0.122. The summed E-state index contributed by atoms with van der Waals surface area (Å²) in [6, 6.07) is 0.00570. The molecule has 0 heterocycles. The topological polar surface area (TPSA) is 70.6 Å². The van der Waals surface area contributed by atoms with Crippen molar-refractivity contribution in [1.29, 1.82) is 0 Å². The number of nitrogens with one attached hydrogen (secondary N) is 2. The minimum atomic E-state index is -0.109. The van der Waals surface area contributed by atoms with Gasteiger partial charge in [0.05, 0.1) is 0 Å². The van der Waals surface area contributed by atoms with E-state index in [2.05, 4.69) is 10.6 Å². The van der Waals surface area contributed by atoms with E-state index in [-0.39, 0.29) is 24.6 Å². The molecule has 0 saturated heterocycles. The molecule has 2 atom stereocenters. The highest BCUT2D eigenvalue weighted by atomic mass is 16.5. The minimum absolute atomic E-state index is 0.109. The molecule has 0 aliphatic heterocycles. The van der Waals surface area contributed by atoms with Crippen molar-refractivity contribution in [3.8, 4) is 0 Å². The average molecular weight is 298 g/mol. The van der Waals surface area contributed by atoms with Gasteiger partial charge in [-0.3, -0.25) is 0 Å². The molecule has 2 amide bonds. The summed E-state index contributed by atoms with van der Waals surface area (Å²) in [4.78, 5) is 11.9. The van der Waals surface area contributed by atoms with E-state index in [4.69, 9.17) is 4.74 Å². The highest BCUT2D eigenvalue weighted by molar-refractivity contribution is 5.74. The van der Waals surface area contributed by atoms with E-state index >= 15 is 0 Å². The first-order valence-electron chi connectivity index (χ1n) is 8.52. The van der Waals surface area contributed by atoms with Gasteiger partial charge in [-0.1, -0.05) is 19.3 Å². The monoisotopic (exact) mass is 298 g/mol. The maximum absolute atomic E-state index is 11.9. The number of amides is 2. The standard InChI is InChI=1S/C16H30N2O3/c19-11-14-5-2-1-3-6-15(14)18-16(20)17-9-4-10-21-12-13-7-8-13/h13-15,19H,1-12H2,(H2,17,18,20)/t14-,15+/m1/s1. The molecule has 0 aromatic heterocycles. The molecule has 3 N–H and O–H groups in total. The van der Waals surface area contributed by atoms with Crippen LogP contribution in [0.1, 0.15) is 51.4 Å². The van der Waals surface area contributed by atoms with Crippen LogP contribution in [-0.4, -0.2) is 43.5 Å². The fraction of sp³-hybridized carbons (Fsp3) is 0.938. The smallest absolute Gasteiger partial charge is 0.315 e. The Morgan fingerprint density at radius 1 is 1.14 bits per heavy atom. The van der Waals surface area contributed by atoms with Crippen LogP contribution in [0.2, 0.25) is 0 Å². The van der Waals surface area contributed by atoms with Crippen molar-refractivity contribution in [3.63, 3.8) is 0 Å². The molecular formula is C16H30N2O3. The summed E-state index contributed by atoms with van der Waals surface area (Å²) < 4.78 is 5.54. The quantitative estimate of drug-likeness (QED) is 0.474. The summed E-state index contributed by atoms with van der Waals surface area (Å²) in [6.07, 6.45) is 8.96. The van der Waals surface area contributed by atoms with E-state index in [0.717, 1.165) is 51.2 Å². The largest absolute Gasteiger partial charge is 0.396 e.